The van der Waals surface area contributed by atoms with E-state index in [1.807, 2.05) is 32.9 Å². The summed E-state index contributed by atoms with van der Waals surface area (Å²) in [5, 5.41) is 3.38. The van der Waals surface area contributed by atoms with Gasteiger partial charge >= 0.3 is 6.09 Å². The van der Waals surface area contributed by atoms with E-state index < -0.39 is 11.7 Å². The Kier molecular flexibility index (Phi) is 5.02. The van der Waals surface area contributed by atoms with Crippen molar-refractivity contribution in [2.75, 3.05) is 5.32 Å². The predicted molar refractivity (Wildman–Crippen MR) is 104 cm³/mol. The van der Waals surface area contributed by atoms with Gasteiger partial charge in [-0.3, -0.25) is 10.1 Å². The molecule has 1 aromatic carbocycles. The van der Waals surface area contributed by atoms with Gasteiger partial charge in [-0.2, -0.15) is 0 Å². The average molecular weight is 422 g/mol. The number of ketones is 1. The first kappa shape index (κ1) is 18.1. The summed E-state index contributed by atoms with van der Waals surface area (Å²) in [7, 11) is 0. The number of amides is 1. The van der Waals surface area contributed by atoms with Gasteiger partial charge in [-0.25, -0.2) is 4.79 Å². The molecule has 0 fully saturated rings. The summed E-state index contributed by atoms with van der Waals surface area (Å²) >= 11 is 4.87. The number of aryl methyl sites for hydroxylation is 1. The molecule has 0 saturated heterocycles. The van der Waals surface area contributed by atoms with E-state index in [9.17, 15) is 9.59 Å². The summed E-state index contributed by atoms with van der Waals surface area (Å²) in [4.78, 5) is 26.4. The Balaban J connectivity index is 1.93. The lowest BCUT2D eigenvalue weighted by Gasteiger charge is -2.19. The highest BCUT2D eigenvalue weighted by Crippen LogP contribution is 2.40. The topological polar surface area (TPSA) is 55.4 Å². The molecule has 1 amide bonds. The number of fused-ring (bicyclic) bond motifs is 1. The molecule has 1 aliphatic rings. The van der Waals surface area contributed by atoms with Crippen LogP contribution in [0.1, 0.15) is 53.6 Å². The van der Waals surface area contributed by atoms with Crippen molar-refractivity contribution in [1.29, 1.82) is 0 Å². The molecule has 2 aromatic rings. The van der Waals surface area contributed by atoms with Gasteiger partial charge in [0.25, 0.3) is 0 Å². The number of thiophene rings is 1. The molecule has 1 N–H and O–H groups in total. The molecular weight excluding hydrogens is 402 g/mol. The first-order valence-electron chi connectivity index (χ1n) is 8.19. The third-order valence-electron chi connectivity index (χ3n) is 3.87. The number of hydrogen-bond acceptors (Lipinski definition) is 4. The van der Waals surface area contributed by atoms with Gasteiger partial charge < -0.3 is 4.74 Å². The maximum absolute atomic E-state index is 13.1. The Hall–Kier alpha value is -1.66. The second kappa shape index (κ2) is 6.92. The van der Waals surface area contributed by atoms with Crippen molar-refractivity contribution in [3.8, 4) is 0 Å². The molecule has 0 saturated carbocycles. The van der Waals surface area contributed by atoms with Gasteiger partial charge in [0.05, 0.1) is 5.56 Å². The Morgan fingerprint density at radius 3 is 2.48 bits per heavy atom. The van der Waals surface area contributed by atoms with Crippen LogP contribution >= 0.6 is 27.3 Å². The number of carbonyl (C=O) groups excluding carboxylic acids is 2. The third kappa shape index (κ3) is 4.12. The van der Waals surface area contributed by atoms with Crippen molar-refractivity contribution in [3.05, 3.63) is 50.3 Å². The van der Waals surface area contributed by atoms with Crippen LogP contribution in [-0.4, -0.2) is 17.5 Å². The molecule has 1 heterocycles. The van der Waals surface area contributed by atoms with Crippen LogP contribution in [0.2, 0.25) is 0 Å². The Labute approximate surface area is 159 Å². The summed E-state index contributed by atoms with van der Waals surface area (Å²) in [5.74, 6) is -0.0574. The van der Waals surface area contributed by atoms with E-state index in [-0.39, 0.29) is 5.78 Å². The molecule has 25 heavy (non-hydrogen) atoms. The molecule has 0 atom stereocenters. The van der Waals surface area contributed by atoms with Gasteiger partial charge in [0.15, 0.2) is 5.78 Å². The first-order chi connectivity index (χ1) is 11.7. The molecule has 0 bridgehead atoms. The second-order valence-electron chi connectivity index (χ2n) is 7.02. The Morgan fingerprint density at radius 1 is 1.16 bits per heavy atom. The lowest BCUT2D eigenvalue weighted by molar-refractivity contribution is 0.0636. The van der Waals surface area contributed by atoms with E-state index in [0.717, 1.165) is 29.3 Å². The zero-order valence-electron chi connectivity index (χ0n) is 14.4. The number of benzene rings is 1. The number of ether oxygens (including phenoxy) is 1. The fourth-order valence-corrected chi connectivity index (χ4v) is 4.41. The van der Waals surface area contributed by atoms with Crippen LogP contribution in [-0.2, 0) is 17.6 Å². The van der Waals surface area contributed by atoms with Crippen LogP contribution in [0.25, 0.3) is 0 Å². The number of hydrogen-bond donors (Lipinski definition) is 1. The predicted octanol–water partition coefficient (Wildman–Crippen LogP) is 5.58. The summed E-state index contributed by atoms with van der Waals surface area (Å²) < 4.78 is 6.26. The van der Waals surface area contributed by atoms with E-state index >= 15 is 0 Å². The monoisotopic (exact) mass is 421 g/mol. The molecule has 0 unspecified atom stereocenters. The van der Waals surface area contributed by atoms with E-state index in [1.54, 1.807) is 12.1 Å². The van der Waals surface area contributed by atoms with Crippen LogP contribution in [0.5, 0.6) is 0 Å². The number of carbonyl (C=O) groups is 2. The van der Waals surface area contributed by atoms with E-state index in [1.165, 1.54) is 16.2 Å². The van der Waals surface area contributed by atoms with E-state index in [2.05, 4.69) is 21.2 Å². The van der Waals surface area contributed by atoms with Gasteiger partial charge in [0, 0.05) is 14.9 Å². The van der Waals surface area contributed by atoms with Crippen molar-refractivity contribution >= 4 is 44.1 Å². The highest BCUT2D eigenvalue weighted by atomic mass is 79.9. The molecule has 3 rings (SSSR count). The van der Waals surface area contributed by atoms with Crippen molar-refractivity contribution in [2.45, 2.75) is 45.6 Å². The highest BCUT2D eigenvalue weighted by Gasteiger charge is 2.29. The Morgan fingerprint density at radius 2 is 1.84 bits per heavy atom. The smallest absolute Gasteiger partial charge is 0.412 e. The first-order valence-corrected chi connectivity index (χ1v) is 9.80. The molecule has 1 aromatic heterocycles. The molecule has 132 valence electrons. The van der Waals surface area contributed by atoms with Crippen LogP contribution in [0.3, 0.4) is 0 Å². The quantitative estimate of drug-likeness (QED) is 0.658. The number of nitrogens with one attached hydrogen (secondary N) is 1. The van der Waals surface area contributed by atoms with Crippen molar-refractivity contribution in [1.82, 2.24) is 0 Å². The fraction of sp³-hybridized carbons (Fsp3) is 0.368. The number of halogens is 1. The standard InChI is InChI=1S/C19H20BrNO3S/c1-19(2,3)24-18(23)21-17-15(13-5-4-6-14(13)25-17)16(22)11-7-9-12(20)10-8-11/h7-10H,4-6H2,1-3H3,(H,21,23). The molecule has 1 aliphatic carbocycles. The van der Waals surface area contributed by atoms with Gasteiger partial charge in [0.1, 0.15) is 10.6 Å². The third-order valence-corrected chi connectivity index (χ3v) is 5.61. The number of rotatable bonds is 3. The zero-order valence-corrected chi connectivity index (χ0v) is 16.8. The summed E-state index contributed by atoms with van der Waals surface area (Å²) in [5.41, 5.74) is 1.72. The lowest BCUT2D eigenvalue weighted by atomic mass is 10.0. The van der Waals surface area contributed by atoms with E-state index in [4.69, 9.17) is 4.74 Å². The van der Waals surface area contributed by atoms with Gasteiger partial charge in [-0.1, -0.05) is 15.9 Å². The molecule has 0 spiro atoms. The fourth-order valence-electron chi connectivity index (χ4n) is 2.87. The minimum atomic E-state index is -0.583. The van der Waals surface area contributed by atoms with Crippen LogP contribution in [0.15, 0.2) is 28.7 Å². The molecule has 0 aliphatic heterocycles. The second-order valence-corrected chi connectivity index (χ2v) is 9.05. The van der Waals surface area contributed by atoms with Crippen LogP contribution < -0.4 is 5.32 Å². The largest absolute Gasteiger partial charge is 0.444 e. The minimum Gasteiger partial charge on any atom is -0.444 e. The van der Waals surface area contributed by atoms with Crippen LogP contribution in [0.4, 0.5) is 9.80 Å². The molecule has 6 heteroatoms. The zero-order chi connectivity index (χ0) is 18.2. The maximum Gasteiger partial charge on any atom is 0.412 e. The van der Waals surface area contributed by atoms with Crippen molar-refractivity contribution in [3.63, 3.8) is 0 Å². The van der Waals surface area contributed by atoms with Gasteiger partial charge in [0.2, 0.25) is 0 Å². The van der Waals surface area contributed by atoms with Gasteiger partial charge in [-0.05, 0) is 69.9 Å². The lowest BCUT2D eigenvalue weighted by Crippen LogP contribution is -2.27. The van der Waals surface area contributed by atoms with Crippen molar-refractivity contribution < 1.29 is 14.3 Å². The molecule has 0 radical (unpaired) electrons. The summed E-state index contributed by atoms with van der Waals surface area (Å²) in [6.45, 7) is 5.44. The van der Waals surface area contributed by atoms with Crippen molar-refractivity contribution in [2.24, 2.45) is 0 Å². The molecule has 4 nitrogen and oxygen atoms in total. The van der Waals surface area contributed by atoms with E-state index in [0.29, 0.717) is 16.1 Å². The summed E-state index contributed by atoms with van der Waals surface area (Å²) in [6.07, 6.45) is 2.35. The average Bonchev–Trinajstić information content (AvgIpc) is 3.05. The highest BCUT2D eigenvalue weighted by molar-refractivity contribution is 9.10. The maximum atomic E-state index is 13.1. The van der Waals surface area contributed by atoms with Gasteiger partial charge in [-0.15, -0.1) is 11.3 Å². The minimum absolute atomic E-state index is 0.0574. The van der Waals surface area contributed by atoms with Crippen LogP contribution in [0, 0.1) is 0 Å². The molecular formula is C19H20BrNO3S. The SMILES string of the molecule is CC(C)(C)OC(=O)Nc1sc2c(c1C(=O)c1ccc(Br)cc1)CCC2. The summed E-state index contributed by atoms with van der Waals surface area (Å²) in [6, 6.07) is 7.28. The number of anilines is 1. The Bertz CT molecular complexity index is 818. The normalized spacial score (nSPS) is 13.4.